The highest BCUT2D eigenvalue weighted by atomic mass is 79.9. The summed E-state index contributed by atoms with van der Waals surface area (Å²) in [6, 6.07) is 6.71. The zero-order valence-corrected chi connectivity index (χ0v) is 19.5. The molecule has 144 valence electrons. The maximum Gasteiger partial charge on any atom is 0.0285 e. The first-order valence-electron chi connectivity index (χ1n) is 10.5. The summed E-state index contributed by atoms with van der Waals surface area (Å²) in [6.07, 6.45) is 19.8. The first kappa shape index (κ1) is 23.2. The van der Waals surface area contributed by atoms with Crippen LogP contribution in [-0.4, -0.2) is 0 Å². The van der Waals surface area contributed by atoms with Crippen molar-refractivity contribution in [3.05, 3.63) is 34.9 Å². The zero-order valence-electron chi connectivity index (χ0n) is 16.3. The average Bonchev–Trinajstić information content (AvgIpc) is 2.65. The van der Waals surface area contributed by atoms with Crippen molar-refractivity contribution in [2.24, 2.45) is 0 Å². The highest BCUT2D eigenvalue weighted by Crippen LogP contribution is 2.22. The van der Waals surface area contributed by atoms with Crippen LogP contribution in [0.5, 0.6) is 0 Å². The van der Waals surface area contributed by atoms with E-state index in [2.05, 4.69) is 57.0 Å². The Morgan fingerprint density at radius 1 is 0.600 bits per heavy atom. The summed E-state index contributed by atoms with van der Waals surface area (Å²) < 4.78 is 0. The van der Waals surface area contributed by atoms with Gasteiger partial charge in [-0.25, -0.2) is 0 Å². The number of alkyl halides is 2. The standard InChI is InChI=1S/C23H38Br2/c1-2-3-4-5-6-7-8-9-10-11-12-13-14-18-23-21(19-24)16-15-17-22(23)20-25/h15-17H,2-14,18-20H2,1H3. The smallest absolute Gasteiger partial charge is 0.0285 e. The van der Waals surface area contributed by atoms with Gasteiger partial charge in [-0.05, 0) is 29.5 Å². The van der Waals surface area contributed by atoms with E-state index in [0.717, 1.165) is 10.7 Å². The Balaban J connectivity index is 2.01. The second-order valence-electron chi connectivity index (χ2n) is 7.31. The van der Waals surface area contributed by atoms with E-state index in [1.807, 2.05) is 0 Å². The summed E-state index contributed by atoms with van der Waals surface area (Å²) >= 11 is 7.28. The van der Waals surface area contributed by atoms with Gasteiger partial charge in [0.15, 0.2) is 0 Å². The molecule has 2 heteroatoms. The van der Waals surface area contributed by atoms with Gasteiger partial charge in [-0.15, -0.1) is 0 Å². The molecule has 0 atom stereocenters. The van der Waals surface area contributed by atoms with E-state index in [4.69, 9.17) is 0 Å². The normalized spacial score (nSPS) is 11.2. The summed E-state index contributed by atoms with van der Waals surface area (Å²) in [5.74, 6) is 0. The molecule has 0 nitrogen and oxygen atoms in total. The van der Waals surface area contributed by atoms with Crippen molar-refractivity contribution in [2.45, 2.75) is 107 Å². The van der Waals surface area contributed by atoms with E-state index in [1.54, 1.807) is 5.56 Å². The van der Waals surface area contributed by atoms with E-state index in [-0.39, 0.29) is 0 Å². The second-order valence-corrected chi connectivity index (χ2v) is 8.44. The Labute approximate surface area is 173 Å². The molecule has 0 aliphatic rings. The lowest BCUT2D eigenvalue weighted by Crippen LogP contribution is -1.97. The van der Waals surface area contributed by atoms with E-state index in [1.165, 1.54) is 101 Å². The number of unbranched alkanes of at least 4 members (excludes halogenated alkanes) is 12. The van der Waals surface area contributed by atoms with Crippen LogP contribution in [0.15, 0.2) is 18.2 Å². The first-order valence-corrected chi connectivity index (χ1v) is 12.8. The molecule has 0 aromatic heterocycles. The van der Waals surface area contributed by atoms with Crippen LogP contribution in [0.1, 0.15) is 107 Å². The summed E-state index contributed by atoms with van der Waals surface area (Å²) in [5.41, 5.74) is 4.51. The SMILES string of the molecule is CCCCCCCCCCCCCCCc1c(CBr)cccc1CBr. The van der Waals surface area contributed by atoms with Crippen LogP contribution in [-0.2, 0) is 17.1 Å². The third-order valence-corrected chi connectivity index (χ3v) is 6.40. The number of hydrogen-bond donors (Lipinski definition) is 0. The molecule has 0 heterocycles. The fraction of sp³-hybridized carbons (Fsp3) is 0.739. The lowest BCUT2D eigenvalue weighted by atomic mass is 9.97. The lowest BCUT2D eigenvalue weighted by molar-refractivity contribution is 0.539. The molecular formula is C23H38Br2. The average molecular weight is 474 g/mol. The molecule has 0 amide bonds. The van der Waals surface area contributed by atoms with Gasteiger partial charge < -0.3 is 0 Å². The highest BCUT2D eigenvalue weighted by molar-refractivity contribution is 9.08. The summed E-state index contributed by atoms with van der Waals surface area (Å²) in [4.78, 5) is 0. The molecule has 0 unspecified atom stereocenters. The van der Waals surface area contributed by atoms with Gasteiger partial charge in [0.25, 0.3) is 0 Å². The Bertz CT molecular complexity index is 406. The molecule has 1 aromatic carbocycles. The Morgan fingerprint density at radius 2 is 1.00 bits per heavy atom. The van der Waals surface area contributed by atoms with Crippen LogP contribution >= 0.6 is 31.9 Å². The van der Waals surface area contributed by atoms with Crippen LogP contribution in [0.3, 0.4) is 0 Å². The predicted molar refractivity (Wildman–Crippen MR) is 121 cm³/mol. The monoisotopic (exact) mass is 472 g/mol. The minimum Gasteiger partial charge on any atom is -0.0876 e. The molecule has 0 saturated carbocycles. The molecule has 0 saturated heterocycles. The molecule has 0 aliphatic carbocycles. The maximum atomic E-state index is 3.64. The molecule has 0 fully saturated rings. The highest BCUT2D eigenvalue weighted by Gasteiger charge is 2.06. The van der Waals surface area contributed by atoms with E-state index < -0.39 is 0 Å². The van der Waals surface area contributed by atoms with E-state index in [0.29, 0.717) is 0 Å². The fourth-order valence-corrected chi connectivity index (χ4v) is 4.63. The van der Waals surface area contributed by atoms with Crippen molar-refractivity contribution in [3.8, 4) is 0 Å². The minimum atomic E-state index is 0.974. The van der Waals surface area contributed by atoms with Gasteiger partial charge in [0.2, 0.25) is 0 Å². The van der Waals surface area contributed by atoms with E-state index >= 15 is 0 Å². The van der Waals surface area contributed by atoms with Crippen LogP contribution in [0.4, 0.5) is 0 Å². The maximum absolute atomic E-state index is 3.64. The predicted octanol–water partition coefficient (Wildman–Crippen LogP) is 9.11. The molecule has 0 radical (unpaired) electrons. The van der Waals surface area contributed by atoms with Gasteiger partial charge in [0.1, 0.15) is 0 Å². The lowest BCUT2D eigenvalue weighted by Gasteiger charge is -2.12. The summed E-state index contributed by atoms with van der Waals surface area (Å²) in [7, 11) is 0. The van der Waals surface area contributed by atoms with E-state index in [9.17, 15) is 0 Å². The quantitative estimate of drug-likeness (QED) is 0.166. The Hall–Kier alpha value is 0.180. The van der Waals surface area contributed by atoms with Gasteiger partial charge in [-0.1, -0.05) is 134 Å². The second kappa shape index (κ2) is 16.4. The van der Waals surface area contributed by atoms with Crippen molar-refractivity contribution in [2.75, 3.05) is 0 Å². The van der Waals surface area contributed by atoms with Crippen molar-refractivity contribution in [1.29, 1.82) is 0 Å². The van der Waals surface area contributed by atoms with Crippen molar-refractivity contribution in [3.63, 3.8) is 0 Å². The third-order valence-electron chi connectivity index (χ3n) is 5.19. The van der Waals surface area contributed by atoms with Gasteiger partial charge >= 0.3 is 0 Å². The largest absolute Gasteiger partial charge is 0.0876 e. The number of halogens is 2. The summed E-state index contributed by atoms with van der Waals surface area (Å²) in [6.45, 7) is 2.29. The Kier molecular flexibility index (Phi) is 15.2. The van der Waals surface area contributed by atoms with Crippen LogP contribution in [0.2, 0.25) is 0 Å². The van der Waals surface area contributed by atoms with Gasteiger partial charge in [0, 0.05) is 10.7 Å². The number of rotatable bonds is 16. The number of benzene rings is 1. The molecule has 0 bridgehead atoms. The molecule has 25 heavy (non-hydrogen) atoms. The molecular weight excluding hydrogens is 436 g/mol. The molecule has 0 N–H and O–H groups in total. The van der Waals surface area contributed by atoms with Gasteiger partial charge in [0.05, 0.1) is 0 Å². The number of hydrogen-bond acceptors (Lipinski definition) is 0. The van der Waals surface area contributed by atoms with Crippen molar-refractivity contribution >= 4 is 31.9 Å². The van der Waals surface area contributed by atoms with Crippen LogP contribution < -0.4 is 0 Å². The van der Waals surface area contributed by atoms with Gasteiger partial charge in [-0.2, -0.15) is 0 Å². The van der Waals surface area contributed by atoms with Gasteiger partial charge in [-0.3, -0.25) is 0 Å². The topological polar surface area (TPSA) is 0 Å². The minimum absolute atomic E-state index is 0.974. The van der Waals surface area contributed by atoms with Crippen LogP contribution in [0.25, 0.3) is 0 Å². The molecule has 1 aromatic rings. The fourth-order valence-electron chi connectivity index (χ4n) is 3.58. The molecule has 1 rings (SSSR count). The van der Waals surface area contributed by atoms with Crippen molar-refractivity contribution in [1.82, 2.24) is 0 Å². The Morgan fingerprint density at radius 3 is 1.40 bits per heavy atom. The van der Waals surface area contributed by atoms with Crippen molar-refractivity contribution < 1.29 is 0 Å². The molecule has 0 aliphatic heterocycles. The first-order chi connectivity index (χ1) is 12.3. The van der Waals surface area contributed by atoms with Crippen LogP contribution in [0, 0.1) is 0 Å². The molecule has 0 spiro atoms. The zero-order chi connectivity index (χ0) is 18.2. The summed E-state index contributed by atoms with van der Waals surface area (Å²) in [5, 5.41) is 1.95. The third kappa shape index (κ3) is 10.8.